The number of amides is 1. The SMILES string of the molecule is O=C(NC[C@@H]1COc2ccccc2O1)c1ncoc1-c1ccc2ccccc2c1. The highest BCUT2D eigenvalue weighted by Gasteiger charge is 2.23. The number of nitrogens with zero attached hydrogens (tertiary/aromatic N) is 1. The van der Waals surface area contributed by atoms with Gasteiger partial charge in [0.25, 0.3) is 5.91 Å². The van der Waals surface area contributed by atoms with Gasteiger partial charge in [-0.15, -0.1) is 0 Å². The molecule has 0 saturated carbocycles. The molecule has 6 nitrogen and oxygen atoms in total. The van der Waals surface area contributed by atoms with Crippen molar-refractivity contribution < 1.29 is 18.7 Å². The number of para-hydroxylation sites is 2. The molecular formula is C23H18N2O4. The highest BCUT2D eigenvalue weighted by molar-refractivity contribution is 5.98. The lowest BCUT2D eigenvalue weighted by Crippen LogP contribution is -2.40. The molecule has 1 atom stereocenters. The van der Waals surface area contributed by atoms with Crippen molar-refractivity contribution in [2.24, 2.45) is 0 Å². The number of carbonyl (C=O) groups excluding carboxylic acids is 1. The molecule has 29 heavy (non-hydrogen) atoms. The molecule has 3 aromatic carbocycles. The summed E-state index contributed by atoms with van der Waals surface area (Å²) in [7, 11) is 0. The van der Waals surface area contributed by atoms with Crippen LogP contribution < -0.4 is 14.8 Å². The molecule has 4 aromatic rings. The maximum absolute atomic E-state index is 12.7. The fraction of sp³-hybridized carbons (Fsp3) is 0.130. The molecule has 1 N–H and O–H groups in total. The monoisotopic (exact) mass is 386 g/mol. The summed E-state index contributed by atoms with van der Waals surface area (Å²) in [6.45, 7) is 0.671. The van der Waals surface area contributed by atoms with Gasteiger partial charge < -0.3 is 19.2 Å². The Kier molecular flexibility index (Phi) is 4.37. The van der Waals surface area contributed by atoms with Crippen molar-refractivity contribution in [3.63, 3.8) is 0 Å². The quantitative estimate of drug-likeness (QED) is 0.572. The Morgan fingerprint density at radius 2 is 1.79 bits per heavy atom. The summed E-state index contributed by atoms with van der Waals surface area (Å²) in [6.07, 6.45) is 1.01. The molecule has 1 aromatic heterocycles. The lowest BCUT2D eigenvalue weighted by molar-refractivity contribution is 0.0787. The molecule has 5 rings (SSSR count). The van der Waals surface area contributed by atoms with E-state index in [-0.39, 0.29) is 17.7 Å². The molecule has 0 fully saturated rings. The number of hydrogen-bond acceptors (Lipinski definition) is 5. The molecule has 1 amide bonds. The first kappa shape index (κ1) is 17.3. The number of nitrogens with one attached hydrogen (secondary N) is 1. The Morgan fingerprint density at radius 3 is 2.69 bits per heavy atom. The van der Waals surface area contributed by atoms with Crippen LogP contribution in [0.15, 0.2) is 77.5 Å². The minimum absolute atomic E-state index is 0.248. The lowest BCUT2D eigenvalue weighted by Gasteiger charge is -2.26. The molecule has 144 valence electrons. The van der Waals surface area contributed by atoms with Gasteiger partial charge in [-0.1, -0.05) is 48.5 Å². The van der Waals surface area contributed by atoms with Gasteiger partial charge in [-0.3, -0.25) is 4.79 Å². The first-order valence-corrected chi connectivity index (χ1v) is 9.37. The van der Waals surface area contributed by atoms with Crippen LogP contribution in [0.1, 0.15) is 10.5 Å². The molecular weight excluding hydrogens is 368 g/mol. The van der Waals surface area contributed by atoms with Crippen molar-refractivity contribution in [1.29, 1.82) is 0 Å². The number of ether oxygens (including phenoxy) is 2. The summed E-state index contributed by atoms with van der Waals surface area (Å²) in [5.74, 6) is 1.52. The topological polar surface area (TPSA) is 73.6 Å². The van der Waals surface area contributed by atoms with Gasteiger partial charge in [0.15, 0.2) is 29.3 Å². The number of aromatic nitrogens is 1. The molecule has 0 radical (unpaired) electrons. The van der Waals surface area contributed by atoms with E-state index in [4.69, 9.17) is 13.9 Å². The Labute approximate surface area is 167 Å². The zero-order valence-electron chi connectivity index (χ0n) is 15.5. The van der Waals surface area contributed by atoms with Crippen molar-refractivity contribution >= 4 is 16.7 Å². The van der Waals surface area contributed by atoms with Crippen molar-refractivity contribution in [3.05, 3.63) is 78.8 Å². The van der Waals surface area contributed by atoms with Gasteiger partial charge in [0.05, 0.1) is 6.54 Å². The Hall–Kier alpha value is -3.80. The maximum atomic E-state index is 12.7. The predicted octanol–water partition coefficient (Wildman–Crippen LogP) is 4.06. The number of fused-ring (bicyclic) bond motifs is 2. The van der Waals surface area contributed by atoms with Crippen LogP contribution in [0, 0.1) is 0 Å². The molecule has 6 heteroatoms. The zero-order chi connectivity index (χ0) is 19.6. The van der Waals surface area contributed by atoms with Crippen LogP contribution in [0.25, 0.3) is 22.1 Å². The average molecular weight is 386 g/mol. The summed E-state index contributed by atoms with van der Waals surface area (Å²) >= 11 is 0. The number of oxazole rings is 1. The van der Waals surface area contributed by atoms with Gasteiger partial charge in [0.2, 0.25) is 0 Å². The smallest absolute Gasteiger partial charge is 0.274 e. The van der Waals surface area contributed by atoms with Gasteiger partial charge in [0, 0.05) is 5.56 Å². The van der Waals surface area contributed by atoms with Crippen molar-refractivity contribution in [2.75, 3.05) is 13.2 Å². The standard InChI is InChI=1S/C23H18N2O4/c26-23(24-12-18-13-27-19-7-3-4-8-20(19)29-18)21-22(28-14-25-21)17-10-9-15-5-1-2-6-16(15)11-17/h1-11,14,18H,12-13H2,(H,24,26)/t18-/m1/s1. The molecule has 1 aliphatic rings. The van der Waals surface area contributed by atoms with E-state index in [1.807, 2.05) is 66.7 Å². The minimum Gasteiger partial charge on any atom is -0.486 e. The number of rotatable bonds is 4. The second kappa shape index (κ2) is 7.31. The maximum Gasteiger partial charge on any atom is 0.274 e. The number of carbonyl (C=O) groups is 1. The highest BCUT2D eigenvalue weighted by Crippen LogP contribution is 2.31. The van der Waals surface area contributed by atoms with E-state index in [0.717, 1.165) is 16.3 Å². The van der Waals surface area contributed by atoms with Gasteiger partial charge in [-0.25, -0.2) is 4.98 Å². The van der Waals surface area contributed by atoms with Crippen LogP contribution in [-0.2, 0) is 0 Å². The first-order valence-electron chi connectivity index (χ1n) is 9.37. The molecule has 1 aliphatic heterocycles. The molecule has 0 unspecified atom stereocenters. The average Bonchev–Trinajstić information content (AvgIpc) is 3.27. The van der Waals surface area contributed by atoms with Crippen LogP contribution in [-0.4, -0.2) is 30.1 Å². The Bertz CT molecular complexity index is 1180. The molecule has 0 bridgehead atoms. The fourth-order valence-electron chi connectivity index (χ4n) is 3.40. The van der Waals surface area contributed by atoms with Gasteiger partial charge in [0.1, 0.15) is 12.7 Å². The normalized spacial score (nSPS) is 15.2. The van der Waals surface area contributed by atoms with E-state index in [2.05, 4.69) is 10.3 Å². The van der Waals surface area contributed by atoms with Crippen molar-refractivity contribution in [1.82, 2.24) is 10.3 Å². The summed E-state index contributed by atoms with van der Waals surface area (Å²) < 4.78 is 17.1. The molecule has 0 aliphatic carbocycles. The third-order valence-electron chi connectivity index (χ3n) is 4.85. The van der Waals surface area contributed by atoms with E-state index >= 15 is 0 Å². The van der Waals surface area contributed by atoms with Gasteiger partial charge >= 0.3 is 0 Å². The van der Waals surface area contributed by atoms with Gasteiger partial charge in [-0.2, -0.15) is 0 Å². The number of benzene rings is 3. The van der Waals surface area contributed by atoms with E-state index in [9.17, 15) is 4.79 Å². The summed E-state index contributed by atoms with van der Waals surface area (Å²) in [4.78, 5) is 16.8. The second-order valence-electron chi connectivity index (χ2n) is 6.80. The molecule has 0 saturated heterocycles. The lowest BCUT2D eigenvalue weighted by atomic mass is 10.0. The summed E-state index contributed by atoms with van der Waals surface area (Å²) in [6, 6.07) is 21.4. The second-order valence-corrected chi connectivity index (χ2v) is 6.80. The molecule has 2 heterocycles. The van der Waals surface area contributed by atoms with Gasteiger partial charge in [-0.05, 0) is 29.0 Å². The third-order valence-corrected chi connectivity index (χ3v) is 4.85. The van der Waals surface area contributed by atoms with Crippen molar-refractivity contribution in [3.8, 4) is 22.8 Å². The zero-order valence-corrected chi connectivity index (χ0v) is 15.5. The predicted molar refractivity (Wildman–Crippen MR) is 108 cm³/mol. The van der Waals surface area contributed by atoms with Crippen LogP contribution in [0.3, 0.4) is 0 Å². The van der Waals surface area contributed by atoms with Crippen molar-refractivity contribution in [2.45, 2.75) is 6.10 Å². The Balaban J connectivity index is 1.31. The fourth-order valence-corrected chi connectivity index (χ4v) is 3.40. The van der Waals surface area contributed by atoms with Crippen LogP contribution in [0.4, 0.5) is 0 Å². The van der Waals surface area contributed by atoms with E-state index in [0.29, 0.717) is 30.4 Å². The van der Waals surface area contributed by atoms with E-state index < -0.39 is 0 Å². The summed E-state index contributed by atoms with van der Waals surface area (Å²) in [5, 5.41) is 5.06. The Morgan fingerprint density at radius 1 is 1.00 bits per heavy atom. The highest BCUT2D eigenvalue weighted by atomic mass is 16.6. The first-order chi connectivity index (χ1) is 14.3. The van der Waals surface area contributed by atoms with E-state index in [1.54, 1.807) is 0 Å². The largest absolute Gasteiger partial charge is 0.486 e. The summed E-state index contributed by atoms with van der Waals surface area (Å²) in [5.41, 5.74) is 1.05. The van der Waals surface area contributed by atoms with Crippen LogP contribution in [0.2, 0.25) is 0 Å². The van der Waals surface area contributed by atoms with Crippen LogP contribution >= 0.6 is 0 Å². The minimum atomic E-state index is -0.315. The van der Waals surface area contributed by atoms with Crippen LogP contribution in [0.5, 0.6) is 11.5 Å². The molecule has 0 spiro atoms. The number of hydrogen-bond donors (Lipinski definition) is 1. The van der Waals surface area contributed by atoms with E-state index in [1.165, 1.54) is 6.39 Å². The third kappa shape index (κ3) is 3.40.